The zero-order valence-electron chi connectivity index (χ0n) is 15.4. The predicted octanol–water partition coefficient (Wildman–Crippen LogP) is 0.997. The van der Waals surface area contributed by atoms with E-state index in [-0.39, 0.29) is 42.5 Å². The third-order valence-corrected chi connectivity index (χ3v) is 5.59. The van der Waals surface area contributed by atoms with Gasteiger partial charge in [-0.05, 0) is 42.0 Å². The molecule has 7 heteroatoms. The van der Waals surface area contributed by atoms with E-state index in [0.717, 1.165) is 42.3 Å². The number of nitrogens with zero attached hydrogens (tertiary/aromatic N) is 2. The molecule has 0 aliphatic carbocycles. The smallest absolute Gasteiger partial charge is 0.288 e. The largest absolute Gasteiger partial charge is 0.360 e. The highest BCUT2D eigenvalue weighted by Crippen LogP contribution is 2.18. The Labute approximate surface area is 162 Å². The Morgan fingerprint density at radius 2 is 1.46 bits per heavy atom. The summed E-state index contributed by atoms with van der Waals surface area (Å²) in [7, 11) is 0. The van der Waals surface area contributed by atoms with Gasteiger partial charge in [0.15, 0.2) is 6.04 Å². The number of amides is 2. The first-order valence-corrected chi connectivity index (χ1v) is 9.45. The molecule has 146 valence electrons. The van der Waals surface area contributed by atoms with E-state index in [4.69, 9.17) is 0 Å². The molecular weight excluding hydrogens is 364 g/mol. The summed E-state index contributed by atoms with van der Waals surface area (Å²) in [6.45, 7) is 3.16. The van der Waals surface area contributed by atoms with Crippen molar-refractivity contribution in [1.82, 2.24) is 4.90 Å². The highest BCUT2D eigenvalue weighted by molar-refractivity contribution is 6.04. The molecule has 2 aliphatic heterocycles. The van der Waals surface area contributed by atoms with Crippen LogP contribution in [0.2, 0.25) is 0 Å². The molecule has 2 aliphatic rings. The molecule has 0 saturated carbocycles. The quantitative estimate of drug-likeness (QED) is 0.798. The predicted molar refractivity (Wildman–Crippen MR) is 99.7 cm³/mol. The lowest BCUT2D eigenvalue weighted by atomic mass is 10.1. The van der Waals surface area contributed by atoms with Crippen LogP contribution in [0.3, 0.4) is 0 Å². The van der Waals surface area contributed by atoms with Crippen molar-refractivity contribution in [3.63, 3.8) is 0 Å². The van der Waals surface area contributed by atoms with E-state index in [1.807, 2.05) is 0 Å². The van der Waals surface area contributed by atoms with Crippen LogP contribution in [-0.2, 0) is 16.1 Å². The second kappa shape index (κ2) is 7.67. The maximum Gasteiger partial charge on any atom is 0.288 e. The first kappa shape index (κ1) is 18.6. The molecule has 0 spiro atoms. The molecule has 2 saturated heterocycles. The van der Waals surface area contributed by atoms with Crippen LogP contribution in [0.5, 0.6) is 0 Å². The molecule has 4 rings (SSSR count). The summed E-state index contributed by atoms with van der Waals surface area (Å²) in [6, 6.07) is 11.9. The van der Waals surface area contributed by atoms with E-state index in [9.17, 15) is 18.4 Å². The number of hydrogen-bond acceptors (Lipinski definition) is 3. The van der Waals surface area contributed by atoms with Crippen LogP contribution >= 0.6 is 0 Å². The Hall–Kier alpha value is -2.80. The molecule has 2 amide bonds. The van der Waals surface area contributed by atoms with Crippen molar-refractivity contribution >= 4 is 17.5 Å². The van der Waals surface area contributed by atoms with E-state index < -0.39 is 0 Å². The lowest BCUT2D eigenvalue weighted by molar-refractivity contribution is -0.915. The maximum absolute atomic E-state index is 13.1. The molecule has 1 atom stereocenters. The number of piperazine rings is 1. The molecular formula is C21H22F2N3O2+. The van der Waals surface area contributed by atoms with Crippen molar-refractivity contribution in [1.29, 1.82) is 0 Å². The minimum Gasteiger partial charge on any atom is -0.360 e. The van der Waals surface area contributed by atoms with Gasteiger partial charge in [0, 0.05) is 5.69 Å². The Bertz CT molecular complexity index is 862. The van der Waals surface area contributed by atoms with Gasteiger partial charge in [-0.2, -0.15) is 0 Å². The first-order valence-electron chi connectivity index (χ1n) is 9.45. The van der Waals surface area contributed by atoms with Crippen molar-refractivity contribution in [3.8, 4) is 0 Å². The topological polar surface area (TPSA) is 45.1 Å². The van der Waals surface area contributed by atoms with Gasteiger partial charge < -0.3 is 9.80 Å². The summed E-state index contributed by atoms with van der Waals surface area (Å²) in [6.07, 6.45) is 0.214. The van der Waals surface area contributed by atoms with E-state index in [1.54, 1.807) is 24.3 Å². The molecule has 2 fully saturated rings. The second-order valence-electron chi connectivity index (χ2n) is 7.32. The van der Waals surface area contributed by atoms with Crippen molar-refractivity contribution in [2.45, 2.75) is 19.0 Å². The molecule has 0 aromatic heterocycles. The number of likely N-dealkylation sites (tertiary alicyclic amines) is 1. The van der Waals surface area contributed by atoms with Gasteiger partial charge in [0.1, 0.15) is 11.6 Å². The maximum atomic E-state index is 13.1. The Morgan fingerprint density at radius 3 is 2.07 bits per heavy atom. The van der Waals surface area contributed by atoms with E-state index >= 15 is 0 Å². The number of carbonyl (C=O) groups excluding carboxylic acids is 2. The van der Waals surface area contributed by atoms with E-state index in [2.05, 4.69) is 4.90 Å². The zero-order chi connectivity index (χ0) is 19.7. The average molecular weight is 386 g/mol. The third kappa shape index (κ3) is 3.75. The number of hydrogen-bond donors (Lipinski definition) is 1. The molecule has 2 heterocycles. The van der Waals surface area contributed by atoms with E-state index in [0.29, 0.717) is 0 Å². The van der Waals surface area contributed by atoms with Crippen LogP contribution in [0.4, 0.5) is 14.5 Å². The number of benzene rings is 2. The fourth-order valence-corrected chi connectivity index (χ4v) is 3.99. The van der Waals surface area contributed by atoms with Crippen LogP contribution in [-0.4, -0.2) is 48.9 Å². The molecule has 0 bridgehead atoms. The number of quaternary nitrogens is 1. The molecule has 0 unspecified atom stereocenters. The molecule has 28 heavy (non-hydrogen) atoms. The van der Waals surface area contributed by atoms with E-state index in [1.165, 1.54) is 29.2 Å². The van der Waals surface area contributed by atoms with Crippen LogP contribution in [0.25, 0.3) is 0 Å². The van der Waals surface area contributed by atoms with Gasteiger partial charge in [0.05, 0.1) is 39.1 Å². The summed E-state index contributed by atoms with van der Waals surface area (Å²) in [5, 5.41) is 0. The number of carbonyl (C=O) groups is 2. The molecule has 5 nitrogen and oxygen atoms in total. The normalized spacial score (nSPS) is 20.9. The Morgan fingerprint density at radius 1 is 0.893 bits per heavy atom. The second-order valence-corrected chi connectivity index (χ2v) is 7.32. The number of nitrogens with one attached hydrogen (secondary N) is 1. The lowest BCUT2D eigenvalue weighted by Crippen LogP contribution is -3.19. The Kier molecular flexibility index (Phi) is 5.09. The van der Waals surface area contributed by atoms with Crippen LogP contribution in [0.15, 0.2) is 48.5 Å². The van der Waals surface area contributed by atoms with Crippen LogP contribution in [0, 0.1) is 11.6 Å². The van der Waals surface area contributed by atoms with Crippen molar-refractivity contribution in [3.05, 3.63) is 65.7 Å². The average Bonchev–Trinajstić information content (AvgIpc) is 2.99. The zero-order valence-corrected chi connectivity index (χ0v) is 15.4. The van der Waals surface area contributed by atoms with Crippen molar-refractivity contribution < 1.29 is 23.3 Å². The standard InChI is InChI=1S/C21H21F2N3O2/c22-16-3-1-15(2-4-16)14-26-20(27)13-19(21(26)28)25-11-9-24(10-12-25)18-7-5-17(23)6-8-18/h1-8,19H,9-14H2/p+1/t19-/m0/s1. The van der Waals surface area contributed by atoms with Gasteiger partial charge in [-0.1, -0.05) is 12.1 Å². The van der Waals surface area contributed by atoms with Crippen LogP contribution in [0.1, 0.15) is 12.0 Å². The number of imide groups is 1. The third-order valence-electron chi connectivity index (χ3n) is 5.59. The van der Waals surface area contributed by atoms with Crippen LogP contribution < -0.4 is 9.80 Å². The summed E-state index contributed by atoms with van der Waals surface area (Å²) in [4.78, 5) is 29.8. The molecule has 1 N–H and O–H groups in total. The fraction of sp³-hybridized carbons (Fsp3) is 0.333. The van der Waals surface area contributed by atoms with Crippen molar-refractivity contribution in [2.75, 3.05) is 31.1 Å². The summed E-state index contributed by atoms with van der Waals surface area (Å²) >= 11 is 0. The van der Waals surface area contributed by atoms with Gasteiger partial charge in [0.2, 0.25) is 5.91 Å². The minimum absolute atomic E-state index is 0.153. The fourth-order valence-electron chi connectivity index (χ4n) is 3.99. The minimum atomic E-state index is -0.358. The number of rotatable bonds is 4. The highest BCUT2D eigenvalue weighted by atomic mass is 19.1. The van der Waals surface area contributed by atoms with Gasteiger partial charge >= 0.3 is 0 Å². The van der Waals surface area contributed by atoms with Gasteiger partial charge in [-0.25, -0.2) is 8.78 Å². The molecule has 0 radical (unpaired) electrons. The SMILES string of the molecule is O=C1C[C@H]([NH+]2CCN(c3ccc(F)cc3)CC2)C(=O)N1Cc1ccc(F)cc1. The summed E-state index contributed by atoms with van der Waals surface area (Å²) < 4.78 is 26.2. The summed E-state index contributed by atoms with van der Waals surface area (Å²) in [5.74, 6) is -0.930. The van der Waals surface area contributed by atoms with Gasteiger partial charge in [0.25, 0.3) is 5.91 Å². The first-order chi connectivity index (χ1) is 13.5. The lowest BCUT2D eigenvalue weighted by Gasteiger charge is -2.35. The van der Waals surface area contributed by atoms with Gasteiger partial charge in [-0.15, -0.1) is 0 Å². The van der Waals surface area contributed by atoms with Crippen molar-refractivity contribution in [2.24, 2.45) is 0 Å². The molecule has 2 aromatic carbocycles. The number of anilines is 1. The number of halogens is 2. The monoisotopic (exact) mass is 386 g/mol. The summed E-state index contributed by atoms with van der Waals surface area (Å²) in [5.41, 5.74) is 1.70. The Balaban J connectivity index is 1.37. The highest BCUT2D eigenvalue weighted by Gasteiger charge is 2.45. The van der Waals surface area contributed by atoms with Gasteiger partial charge in [-0.3, -0.25) is 14.5 Å². The molecule has 2 aromatic rings.